The minimum Gasteiger partial charge on any atom is -0.148 e. The van der Waals surface area contributed by atoms with Crippen molar-refractivity contribution in [3.8, 4) is 0 Å². The van der Waals surface area contributed by atoms with Crippen LogP contribution in [0.25, 0.3) is 0 Å². The molecule has 1 atom stereocenters. The Morgan fingerprint density at radius 2 is 2.50 bits per heavy atom. The molecule has 0 aromatic carbocycles. The lowest BCUT2D eigenvalue weighted by atomic mass is 10.2. The molecule has 0 spiro atoms. The first-order chi connectivity index (χ1) is 2.91. The highest BCUT2D eigenvalue weighted by Crippen LogP contribution is 2.25. The Morgan fingerprint density at radius 1 is 1.83 bits per heavy atom. The van der Waals surface area contributed by atoms with Gasteiger partial charge in [0.1, 0.15) is 0 Å². The summed E-state index contributed by atoms with van der Waals surface area (Å²) in [4.78, 5) is 0. The van der Waals surface area contributed by atoms with Crippen LogP contribution in [0.2, 0.25) is 6.82 Å². The number of hydrogen-bond acceptors (Lipinski definition) is 1. The largest absolute Gasteiger partial charge is 0.152 e. The zero-order chi connectivity index (χ0) is 4.83. The third-order valence-electron chi connectivity index (χ3n) is 0.346. The summed E-state index contributed by atoms with van der Waals surface area (Å²) in [5, 5.41) is 0. The first-order valence-corrected chi connectivity index (χ1v) is 4.85. The summed E-state index contributed by atoms with van der Waals surface area (Å²) in [6.45, 7) is 6.48. The van der Waals surface area contributed by atoms with Crippen LogP contribution in [0.5, 0.6) is 0 Å². The van der Waals surface area contributed by atoms with Crippen LogP contribution in [0.1, 0.15) is 6.92 Å². The van der Waals surface area contributed by atoms with Gasteiger partial charge >= 0.3 is 0 Å². The van der Waals surface area contributed by atoms with E-state index in [-0.39, 0.29) is 0 Å². The van der Waals surface area contributed by atoms with Gasteiger partial charge in [-0.1, -0.05) is 13.7 Å². The molecule has 1 radical (unpaired) electrons. The van der Waals surface area contributed by atoms with Crippen molar-refractivity contribution in [3.05, 3.63) is 0 Å². The van der Waals surface area contributed by atoms with Crippen LogP contribution < -0.4 is 0 Å². The quantitative estimate of drug-likeness (QED) is 0.311. The summed E-state index contributed by atoms with van der Waals surface area (Å²) in [5.74, 6) is 1.25. The molecule has 0 saturated heterocycles. The van der Waals surface area contributed by atoms with Crippen molar-refractivity contribution in [2.24, 2.45) is 0 Å². The van der Waals surface area contributed by atoms with E-state index in [1.807, 2.05) is 11.4 Å². The van der Waals surface area contributed by atoms with Gasteiger partial charge in [0, 0.05) is 0 Å². The van der Waals surface area contributed by atoms with Gasteiger partial charge in [0.2, 0.25) is 0 Å². The van der Waals surface area contributed by atoms with Crippen molar-refractivity contribution in [1.29, 1.82) is 0 Å². The van der Waals surface area contributed by atoms with Gasteiger partial charge in [-0.25, -0.2) is 0 Å². The third-order valence-corrected chi connectivity index (χ3v) is 3.11. The van der Waals surface area contributed by atoms with Crippen LogP contribution in [0.3, 0.4) is 0 Å². The highest BCUT2D eigenvalue weighted by atomic mass is 32.7. The SMILES string of the molecule is C[B]PSCC. The van der Waals surface area contributed by atoms with Crippen molar-refractivity contribution in [2.45, 2.75) is 13.7 Å². The lowest BCUT2D eigenvalue weighted by Gasteiger charge is -1.86. The van der Waals surface area contributed by atoms with E-state index in [4.69, 9.17) is 0 Å². The molecule has 1 unspecified atom stereocenters. The lowest BCUT2D eigenvalue weighted by Crippen LogP contribution is -1.60. The number of rotatable bonds is 3. The minimum absolute atomic E-state index is 1.01. The molecule has 3 heteroatoms. The van der Waals surface area contributed by atoms with E-state index >= 15 is 0 Å². The Bertz CT molecular complexity index is 22.8. The van der Waals surface area contributed by atoms with E-state index < -0.39 is 0 Å². The maximum atomic E-state index is 2.20. The van der Waals surface area contributed by atoms with Crippen molar-refractivity contribution < 1.29 is 0 Å². The van der Waals surface area contributed by atoms with Crippen LogP contribution >= 0.6 is 19.0 Å². The zero-order valence-electron chi connectivity index (χ0n) is 4.19. The summed E-state index contributed by atoms with van der Waals surface area (Å²) >= 11 is 1.98. The van der Waals surface area contributed by atoms with Crippen molar-refractivity contribution in [1.82, 2.24) is 0 Å². The summed E-state index contributed by atoms with van der Waals surface area (Å²) in [6, 6.07) is 0. The van der Waals surface area contributed by atoms with Crippen LogP contribution in [0.15, 0.2) is 0 Å². The van der Waals surface area contributed by atoms with Crippen LogP contribution in [0.4, 0.5) is 0 Å². The number of hydrogen-bond donors (Lipinski definition) is 0. The first kappa shape index (κ1) is 6.84. The fourth-order valence-corrected chi connectivity index (χ4v) is 1.50. The second-order valence-corrected chi connectivity index (χ2v) is 4.09. The lowest BCUT2D eigenvalue weighted by molar-refractivity contribution is 1.54. The monoisotopic (exact) mass is 119 g/mol. The van der Waals surface area contributed by atoms with Crippen molar-refractivity contribution in [2.75, 3.05) is 5.75 Å². The van der Waals surface area contributed by atoms with Crippen molar-refractivity contribution in [3.63, 3.8) is 0 Å². The molecule has 35 valence electrons. The molecule has 0 aliphatic rings. The van der Waals surface area contributed by atoms with Gasteiger partial charge in [-0.3, -0.25) is 0 Å². The van der Waals surface area contributed by atoms with Crippen LogP contribution in [0, 0.1) is 0 Å². The molecular formula is C3H9BPS. The predicted molar refractivity (Wildman–Crippen MR) is 38.1 cm³/mol. The van der Waals surface area contributed by atoms with E-state index in [0.717, 1.165) is 7.66 Å². The van der Waals surface area contributed by atoms with Gasteiger partial charge < -0.3 is 0 Å². The Kier molecular flexibility index (Phi) is 6.67. The van der Waals surface area contributed by atoms with Gasteiger partial charge in [0.05, 0.1) is 0 Å². The molecule has 0 aliphatic carbocycles. The smallest absolute Gasteiger partial charge is 0.148 e. The van der Waals surface area contributed by atoms with Crippen LogP contribution in [-0.4, -0.2) is 12.8 Å². The third kappa shape index (κ3) is 4.84. The summed E-state index contributed by atoms with van der Waals surface area (Å²) < 4.78 is 0. The van der Waals surface area contributed by atoms with E-state index in [1.165, 1.54) is 5.75 Å². The molecule has 0 amide bonds. The van der Waals surface area contributed by atoms with E-state index in [2.05, 4.69) is 20.7 Å². The van der Waals surface area contributed by atoms with Gasteiger partial charge in [0.25, 0.3) is 0 Å². The molecule has 0 aromatic heterocycles. The molecule has 6 heavy (non-hydrogen) atoms. The molecule has 0 rings (SSSR count). The second-order valence-electron chi connectivity index (χ2n) is 0.840. The predicted octanol–water partition coefficient (Wildman–Crippen LogP) is 2.00. The Morgan fingerprint density at radius 3 is 2.67 bits per heavy atom. The average molecular weight is 119 g/mol. The van der Waals surface area contributed by atoms with E-state index in [1.54, 1.807) is 0 Å². The van der Waals surface area contributed by atoms with Gasteiger partial charge in [-0.05, 0) is 5.75 Å². The molecule has 0 nitrogen and oxygen atoms in total. The fraction of sp³-hybridized carbons (Fsp3) is 1.00. The average Bonchev–Trinajstić information content (AvgIpc) is 1.61. The van der Waals surface area contributed by atoms with Gasteiger partial charge in [-0.2, -0.15) is 0 Å². The zero-order valence-corrected chi connectivity index (χ0v) is 6.01. The van der Waals surface area contributed by atoms with Gasteiger partial charge in [0.15, 0.2) is 7.00 Å². The van der Waals surface area contributed by atoms with E-state index in [9.17, 15) is 0 Å². The maximum Gasteiger partial charge on any atom is 0.152 e. The highest BCUT2D eigenvalue weighted by Gasteiger charge is 1.76. The minimum atomic E-state index is 1.01. The summed E-state index contributed by atoms with van der Waals surface area (Å²) in [7, 11) is 1.01. The molecule has 0 aliphatic heterocycles. The fourth-order valence-electron chi connectivity index (χ4n) is 0.167. The second kappa shape index (κ2) is 5.84. The summed E-state index contributed by atoms with van der Waals surface area (Å²) in [5.41, 5.74) is 0. The molecule has 0 bridgehead atoms. The maximum absolute atomic E-state index is 2.20. The molecule has 0 saturated carbocycles. The Balaban J connectivity index is 2.34. The molecular weight excluding hydrogens is 110 g/mol. The molecule has 0 fully saturated rings. The van der Waals surface area contributed by atoms with Crippen LogP contribution in [-0.2, 0) is 0 Å². The van der Waals surface area contributed by atoms with Gasteiger partial charge in [-0.15, -0.1) is 19.0 Å². The normalized spacial score (nSPS) is 10.3. The Labute approximate surface area is 46.2 Å². The molecule has 0 N–H and O–H groups in total. The topological polar surface area (TPSA) is 0 Å². The standard InChI is InChI=1S/C3H9BPS/c1-3-6-5-4-2/h5H,3H2,1-2H3. The summed E-state index contributed by atoms with van der Waals surface area (Å²) in [6.07, 6.45) is 0. The Hall–Kier alpha value is 0.845. The van der Waals surface area contributed by atoms with Crippen molar-refractivity contribution >= 4 is 26.0 Å². The first-order valence-electron chi connectivity index (χ1n) is 2.07. The highest BCUT2D eigenvalue weighted by molar-refractivity contribution is 8.56. The molecule has 0 heterocycles. The molecule has 0 aromatic rings. The van der Waals surface area contributed by atoms with E-state index in [0.29, 0.717) is 0 Å².